The van der Waals surface area contributed by atoms with Crippen molar-refractivity contribution in [3.05, 3.63) is 35.9 Å². The Balaban J connectivity index is 2.33. The molecule has 2 rings (SSSR count). The second kappa shape index (κ2) is 3.10. The number of nitrogens with one attached hydrogen (secondary N) is 1. The molecule has 1 aromatic rings. The average molecular weight is 191 g/mol. The molecule has 0 saturated carbocycles. The van der Waals surface area contributed by atoms with Crippen LogP contribution < -0.4 is 5.32 Å². The van der Waals surface area contributed by atoms with Crippen LogP contribution in [0.25, 0.3) is 0 Å². The highest BCUT2D eigenvalue weighted by Crippen LogP contribution is 2.28. The monoisotopic (exact) mass is 191 g/mol. The Hall–Kier alpha value is -1.35. The van der Waals surface area contributed by atoms with Crippen molar-refractivity contribution in [1.82, 2.24) is 5.32 Å². The summed E-state index contributed by atoms with van der Waals surface area (Å²) in [7, 11) is 3.89. The molecule has 14 heavy (non-hydrogen) atoms. The second-order valence-corrected chi connectivity index (χ2v) is 4.15. The summed E-state index contributed by atoms with van der Waals surface area (Å²) in [6, 6.07) is 10.5. The molecule has 74 valence electrons. The van der Waals surface area contributed by atoms with Crippen LogP contribution in [0, 0.1) is 0 Å². The summed E-state index contributed by atoms with van der Waals surface area (Å²) in [6.07, 6.45) is 0. The van der Waals surface area contributed by atoms with E-state index in [1.54, 1.807) is 0 Å². The van der Waals surface area contributed by atoms with E-state index in [-0.39, 0.29) is 12.1 Å². The lowest BCUT2D eigenvalue weighted by atomic mass is 10.1. The summed E-state index contributed by atoms with van der Waals surface area (Å²) in [5.41, 5.74) is 1.22. The third-order valence-electron chi connectivity index (χ3n) is 2.93. The van der Waals surface area contributed by atoms with Crippen LogP contribution in [0.15, 0.2) is 30.3 Å². The second-order valence-electron chi connectivity index (χ2n) is 4.15. The van der Waals surface area contributed by atoms with Crippen LogP contribution in [0.2, 0.25) is 0 Å². The number of hydrogen-bond acceptors (Lipinski definition) is 1. The number of quaternary nitrogens is 1. The van der Waals surface area contributed by atoms with Crippen LogP contribution in [-0.4, -0.2) is 31.2 Å². The molecule has 1 unspecified atom stereocenters. The highest BCUT2D eigenvalue weighted by Gasteiger charge is 2.43. The van der Waals surface area contributed by atoms with E-state index in [2.05, 4.69) is 17.4 Å². The van der Waals surface area contributed by atoms with Crippen LogP contribution in [0.3, 0.4) is 0 Å². The number of urea groups is 1. The highest BCUT2D eigenvalue weighted by atomic mass is 16.2. The number of carbonyl (C=O) groups excluding carboxylic acids is 1. The van der Waals surface area contributed by atoms with Gasteiger partial charge in [-0.15, -0.1) is 0 Å². The molecule has 2 amide bonds. The summed E-state index contributed by atoms with van der Waals surface area (Å²) in [5.74, 6) is 0. The fraction of sp³-hybridized carbons (Fsp3) is 0.364. The largest absolute Gasteiger partial charge is 0.416 e. The number of carbonyl (C=O) groups is 1. The lowest BCUT2D eigenvalue weighted by Gasteiger charge is -2.26. The Bertz CT molecular complexity index is 346. The zero-order valence-corrected chi connectivity index (χ0v) is 8.53. The van der Waals surface area contributed by atoms with E-state index >= 15 is 0 Å². The van der Waals surface area contributed by atoms with Gasteiger partial charge in [0.25, 0.3) is 0 Å². The van der Waals surface area contributed by atoms with E-state index < -0.39 is 0 Å². The van der Waals surface area contributed by atoms with Crippen molar-refractivity contribution in [2.24, 2.45) is 0 Å². The molecule has 3 heteroatoms. The maximum absolute atomic E-state index is 11.5. The van der Waals surface area contributed by atoms with E-state index in [1.807, 2.05) is 32.3 Å². The van der Waals surface area contributed by atoms with E-state index in [0.29, 0.717) is 4.48 Å². The predicted octanol–water partition coefficient (Wildman–Crippen LogP) is 1.53. The van der Waals surface area contributed by atoms with E-state index in [0.717, 1.165) is 6.54 Å². The first-order valence-electron chi connectivity index (χ1n) is 4.79. The van der Waals surface area contributed by atoms with Crippen LogP contribution >= 0.6 is 0 Å². The third-order valence-corrected chi connectivity index (χ3v) is 2.93. The van der Waals surface area contributed by atoms with Gasteiger partial charge in [0, 0.05) is 5.56 Å². The zero-order valence-electron chi connectivity index (χ0n) is 8.53. The van der Waals surface area contributed by atoms with Crippen LogP contribution in [0.5, 0.6) is 0 Å². The molecule has 0 bridgehead atoms. The third kappa shape index (κ3) is 1.30. The molecule has 1 saturated heterocycles. The maximum Gasteiger partial charge on any atom is 0.416 e. The van der Waals surface area contributed by atoms with Crippen LogP contribution in [0.1, 0.15) is 11.6 Å². The van der Waals surface area contributed by atoms with Gasteiger partial charge in [-0.1, -0.05) is 30.3 Å². The normalized spacial score (nSPS) is 24.7. The Kier molecular flexibility index (Phi) is 2.04. The molecule has 1 aliphatic rings. The molecule has 0 aromatic heterocycles. The number of rotatable bonds is 1. The number of hydrogen-bond donors (Lipinski definition) is 1. The standard InChI is InChI=1S/C11H14N2O/c1-13(2)10(8-12-11(13)14)9-6-4-3-5-7-9/h3-7,10H,8H2,1-2H3/p+1. The first kappa shape index (κ1) is 9.21. The number of benzene rings is 1. The van der Waals surface area contributed by atoms with Crippen molar-refractivity contribution < 1.29 is 9.28 Å². The van der Waals surface area contributed by atoms with Gasteiger partial charge in [-0.2, -0.15) is 0 Å². The van der Waals surface area contributed by atoms with Crippen molar-refractivity contribution in [2.45, 2.75) is 6.04 Å². The molecule has 1 aromatic carbocycles. The number of likely N-dealkylation sites (N-methyl/N-ethyl adjacent to an activating group) is 1. The quantitative estimate of drug-likeness (QED) is 0.670. The summed E-state index contributed by atoms with van der Waals surface area (Å²) in [4.78, 5) is 11.5. The predicted molar refractivity (Wildman–Crippen MR) is 54.7 cm³/mol. The number of amides is 2. The van der Waals surface area contributed by atoms with E-state index in [4.69, 9.17) is 0 Å². The van der Waals surface area contributed by atoms with Gasteiger partial charge in [-0.25, -0.2) is 9.28 Å². The van der Waals surface area contributed by atoms with Gasteiger partial charge in [-0.3, -0.25) is 5.32 Å². The van der Waals surface area contributed by atoms with Gasteiger partial charge in [-0.05, 0) is 0 Å². The van der Waals surface area contributed by atoms with Crippen molar-refractivity contribution in [3.63, 3.8) is 0 Å². The van der Waals surface area contributed by atoms with E-state index in [1.165, 1.54) is 5.56 Å². The van der Waals surface area contributed by atoms with Gasteiger partial charge >= 0.3 is 6.03 Å². The zero-order chi connectivity index (χ0) is 10.2. The lowest BCUT2D eigenvalue weighted by Crippen LogP contribution is -2.44. The molecule has 1 aliphatic heterocycles. The minimum absolute atomic E-state index is 0.0962. The molecule has 3 nitrogen and oxygen atoms in total. The average Bonchev–Trinajstić information content (AvgIpc) is 2.44. The molecule has 0 spiro atoms. The highest BCUT2D eigenvalue weighted by molar-refractivity contribution is 5.69. The van der Waals surface area contributed by atoms with Crippen molar-refractivity contribution in [1.29, 1.82) is 0 Å². The summed E-state index contributed by atoms with van der Waals surface area (Å²) in [5, 5.41) is 2.89. The van der Waals surface area contributed by atoms with E-state index in [9.17, 15) is 4.79 Å². The van der Waals surface area contributed by atoms with Crippen molar-refractivity contribution >= 4 is 6.03 Å². The number of nitrogens with zero attached hydrogens (tertiary/aromatic N) is 1. The fourth-order valence-corrected chi connectivity index (χ4v) is 1.92. The van der Waals surface area contributed by atoms with Gasteiger partial charge in [0.05, 0.1) is 20.6 Å². The molecule has 1 fully saturated rings. The molecule has 1 heterocycles. The minimum Gasteiger partial charge on any atom is -0.299 e. The Morgan fingerprint density at radius 1 is 1.29 bits per heavy atom. The van der Waals surface area contributed by atoms with Gasteiger partial charge in [0.1, 0.15) is 6.04 Å². The molecule has 1 atom stereocenters. The summed E-state index contributed by atoms with van der Waals surface area (Å²) >= 11 is 0. The minimum atomic E-state index is 0.0962. The van der Waals surface area contributed by atoms with Gasteiger partial charge in [0.15, 0.2) is 0 Å². The first-order chi connectivity index (χ1) is 6.62. The topological polar surface area (TPSA) is 29.1 Å². The van der Waals surface area contributed by atoms with Crippen molar-refractivity contribution in [2.75, 3.05) is 20.6 Å². The molecule has 1 N–H and O–H groups in total. The first-order valence-corrected chi connectivity index (χ1v) is 4.79. The van der Waals surface area contributed by atoms with Crippen LogP contribution in [-0.2, 0) is 0 Å². The Morgan fingerprint density at radius 3 is 2.43 bits per heavy atom. The SMILES string of the molecule is C[N+]1(C)C(=O)NCC1c1ccccc1. The summed E-state index contributed by atoms with van der Waals surface area (Å²) in [6.45, 7) is 0.732. The van der Waals surface area contributed by atoms with Crippen LogP contribution in [0.4, 0.5) is 4.79 Å². The lowest BCUT2D eigenvalue weighted by molar-refractivity contribution is -0.831. The Labute approximate surface area is 83.9 Å². The molecule has 0 radical (unpaired) electrons. The summed E-state index contributed by atoms with van der Waals surface area (Å²) < 4.78 is 0.393. The fourth-order valence-electron chi connectivity index (χ4n) is 1.92. The smallest absolute Gasteiger partial charge is 0.299 e. The van der Waals surface area contributed by atoms with Gasteiger partial charge in [0.2, 0.25) is 0 Å². The molecular weight excluding hydrogens is 176 g/mol. The molecular formula is C11H15N2O+. The van der Waals surface area contributed by atoms with Gasteiger partial charge < -0.3 is 0 Å². The Morgan fingerprint density at radius 2 is 1.93 bits per heavy atom. The maximum atomic E-state index is 11.5. The molecule has 0 aliphatic carbocycles. The van der Waals surface area contributed by atoms with Crippen molar-refractivity contribution in [3.8, 4) is 0 Å².